The molecule has 4 fully saturated rings. The zero-order chi connectivity index (χ0) is 19.7. The van der Waals surface area contributed by atoms with Crippen LogP contribution in [0, 0.1) is 23.2 Å². The molecular weight excluding hydrogens is 356 g/mol. The van der Waals surface area contributed by atoms with E-state index in [1.807, 2.05) is 0 Å². The second-order valence-corrected chi connectivity index (χ2v) is 8.95. The van der Waals surface area contributed by atoms with Crippen LogP contribution >= 0.6 is 0 Å². The summed E-state index contributed by atoms with van der Waals surface area (Å²) in [5, 5.41) is 5.79. The molecule has 0 spiro atoms. The predicted octanol–water partition coefficient (Wildman–Crippen LogP) is 2.77. The molecule has 2 amide bonds. The van der Waals surface area contributed by atoms with E-state index in [2.05, 4.69) is 10.6 Å². The fourth-order valence-electron chi connectivity index (χ4n) is 6.10. The van der Waals surface area contributed by atoms with Crippen LogP contribution in [0.5, 0.6) is 11.5 Å². The summed E-state index contributed by atoms with van der Waals surface area (Å²) in [6, 6.07) is 4.95. The summed E-state index contributed by atoms with van der Waals surface area (Å²) in [6.45, 7) is 0.737. The smallest absolute Gasteiger partial charge is 0.251 e. The highest BCUT2D eigenvalue weighted by molar-refractivity contribution is 5.97. The highest BCUT2D eigenvalue weighted by atomic mass is 16.5. The Morgan fingerprint density at radius 2 is 1.57 bits per heavy atom. The molecule has 0 aliphatic heterocycles. The van der Waals surface area contributed by atoms with Gasteiger partial charge < -0.3 is 20.1 Å². The lowest BCUT2D eigenvalue weighted by molar-refractivity contribution is -0.122. The van der Waals surface area contributed by atoms with Crippen molar-refractivity contribution in [1.82, 2.24) is 10.6 Å². The molecule has 4 aliphatic carbocycles. The quantitative estimate of drug-likeness (QED) is 0.755. The zero-order valence-corrected chi connectivity index (χ0v) is 16.8. The standard InChI is InChI=1S/C22H30N2O4/c1-27-18-4-3-17(8-19(18)28-2)21(26)23-12-20(25)24-13-22-9-14-5-15(10-22)7-16(6-14)11-22/h3-4,8,14-16H,5-7,9-13H2,1-2H3,(H,23,26)(H,24,25). The summed E-state index contributed by atoms with van der Waals surface area (Å²) in [6.07, 6.45) is 7.98. The van der Waals surface area contributed by atoms with Gasteiger partial charge >= 0.3 is 0 Å². The molecule has 2 N–H and O–H groups in total. The second-order valence-electron chi connectivity index (χ2n) is 8.95. The van der Waals surface area contributed by atoms with Gasteiger partial charge in [-0.15, -0.1) is 0 Å². The summed E-state index contributed by atoms with van der Waals surface area (Å²) in [5.41, 5.74) is 0.740. The third-order valence-corrected chi connectivity index (χ3v) is 6.88. The average Bonchev–Trinajstić information content (AvgIpc) is 2.69. The Kier molecular flexibility index (Phi) is 5.21. The predicted molar refractivity (Wildman–Crippen MR) is 105 cm³/mol. The van der Waals surface area contributed by atoms with Crippen molar-refractivity contribution in [3.05, 3.63) is 23.8 Å². The van der Waals surface area contributed by atoms with Gasteiger partial charge in [-0.1, -0.05) is 0 Å². The first kappa shape index (κ1) is 19.1. The van der Waals surface area contributed by atoms with Crippen molar-refractivity contribution in [2.75, 3.05) is 27.3 Å². The van der Waals surface area contributed by atoms with Gasteiger partial charge in [-0.3, -0.25) is 9.59 Å². The maximum absolute atomic E-state index is 12.4. The topological polar surface area (TPSA) is 76.7 Å². The zero-order valence-electron chi connectivity index (χ0n) is 16.8. The third-order valence-electron chi connectivity index (χ3n) is 6.88. The minimum atomic E-state index is -0.300. The van der Waals surface area contributed by atoms with E-state index in [0.717, 1.165) is 24.3 Å². The summed E-state index contributed by atoms with van der Waals surface area (Å²) in [5.74, 6) is 3.23. The van der Waals surface area contributed by atoms with E-state index in [4.69, 9.17) is 9.47 Å². The van der Waals surface area contributed by atoms with E-state index in [1.54, 1.807) is 25.3 Å². The van der Waals surface area contributed by atoms with Gasteiger partial charge in [-0.2, -0.15) is 0 Å². The number of nitrogens with one attached hydrogen (secondary N) is 2. The van der Waals surface area contributed by atoms with Crippen molar-refractivity contribution in [2.24, 2.45) is 23.2 Å². The average molecular weight is 386 g/mol. The minimum Gasteiger partial charge on any atom is -0.493 e. The number of carbonyl (C=O) groups excluding carboxylic acids is 2. The van der Waals surface area contributed by atoms with Crippen LogP contribution in [-0.2, 0) is 4.79 Å². The lowest BCUT2D eigenvalue weighted by atomic mass is 9.49. The van der Waals surface area contributed by atoms with Crippen molar-refractivity contribution in [2.45, 2.75) is 38.5 Å². The third kappa shape index (κ3) is 3.82. The molecule has 4 saturated carbocycles. The Labute approximate surface area is 166 Å². The van der Waals surface area contributed by atoms with Crippen LogP contribution < -0.4 is 20.1 Å². The molecule has 152 valence electrons. The fourth-order valence-corrected chi connectivity index (χ4v) is 6.10. The maximum Gasteiger partial charge on any atom is 0.251 e. The van der Waals surface area contributed by atoms with Gasteiger partial charge in [0.05, 0.1) is 20.8 Å². The van der Waals surface area contributed by atoms with Crippen LogP contribution in [0.25, 0.3) is 0 Å². The molecule has 5 rings (SSSR count). The number of carbonyl (C=O) groups is 2. The van der Waals surface area contributed by atoms with Crippen molar-refractivity contribution in [3.63, 3.8) is 0 Å². The molecule has 0 unspecified atom stereocenters. The van der Waals surface area contributed by atoms with E-state index >= 15 is 0 Å². The van der Waals surface area contributed by atoms with Crippen molar-refractivity contribution >= 4 is 11.8 Å². The first-order chi connectivity index (χ1) is 13.5. The molecule has 28 heavy (non-hydrogen) atoms. The lowest BCUT2D eigenvalue weighted by Crippen LogP contribution is -2.52. The van der Waals surface area contributed by atoms with E-state index in [1.165, 1.54) is 45.6 Å². The van der Waals surface area contributed by atoms with Gasteiger partial charge in [0, 0.05) is 12.1 Å². The SMILES string of the molecule is COc1ccc(C(=O)NCC(=O)NCC23CC4CC(CC(C4)C2)C3)cc1OC. The summed E-state index contributed by atoms with van der Waals surface area (Å²) < 4.78 is 10.4. The molecule has 0 radical (unpaired) electrons. The van der Waals surface area contributed by atoms with Gasteiger partial charge in [0.2, 0.25) is 5.91 Å². The number of amides is 2. The molecular formula is C22H30N2O4. The summed E-state index contributed by atoms with van der Waals surface area (Å²) in [7, 11) is 3.07. The second kappa shape index (κ2) is 7.64. The van der Waals surface area contributed by atoms with Crippen LogP contribution in [0.3, 0.4) is 0 Å². The maximum atomic E-state index is 12.4. The molecule has 0 aromatic heterocycles. The van der Waals surface area contributed by atoms with Gasteiger partial charge in [0.25, 0.3) is 5.91 Å². The first-order valence-corrected chi connectivity index (χ1v) is 10.3. The number of benzene rings is 1. The van der Waals surface area contributed by atoms with Crippen molar-refractivity contribution in [1.29, 1.82) is 0 Å². The van der Waals surface area contributed by atoms with Crippen LogP contribution in [-0.4, -0.2) is 39.1 Å². The Morgan fingerprint density at radius 3 is 2.14 bits per heavy atom. The number of rotatable bonds is 7. The van der Waals surface area contributed by atoms with Crippen LogP contribution in [0.2, 0.25) is 0 Å². The summed E-state index contributed by atoms with van der Waals surface area (Å²) >= 11 is 0. The first-order valence-electron chi connectivity index (χ1n) is 10.3. The van der Waals surface area contributed by atoms with Gasteiger partial charge in [0.15, 0.2) is 11.5 Å². The van der Waals surface area contributed by atoms with Gasteiger partial charge in [-0.05, 0) is 79.9 Å². The molecule has 4 bridgehead atoms. The lowest BCUT2D eigenvalue weighted by Gasteiger charge is -2.56. The Bertz CT molecular complexity index is 726. The fraction of sp³-hybridized carbons (Fsp3) is 0.636. The molecule has 1 aromatic carbocycles. The number of methoxy groups -OCH3 is 2. The largest absolute Gasteiger partial charge is 0.493 e. The number of ether oxygens (including phenoxy) is 2. The Hall–Kier alpha value is -2.24. The normalized spacial score (nSPS) is 30.0. The number of hydrogen-bond donors (Lipinski definition) is 2. The highest BCUT2D eigenvalue weighted by Crippen LogP contribution is 2.59. The Morgan fingerprint density at radius 1 is 0.964 bits per heavy atom. The Balaban J connectivity index is 1.27. The number of hydrogen-bond acceptors (Lipinski definition) is 4. The minimum absolute atomic E-state index is 0.0143. The molecule has 1 aromatic rings. The van der Waals surface area contributed by atoms with E-state index in [-0.39, 0.29) is 18.4 Å². The molecule has 0 atom stereocenters. The van der Waals surface area contributed by atoms with Crippen molar-refractivity contribution in [3.8, 4) is 11.5 Å². The van der Waals surface area contributed by atoms with Gasteiger partial charge in [-0.25, -0.2) is 0 Å². The monoisotopic (exact) mass is 386 g/mol. The van der Waals surface area contributed by atoms with E-state index in [9.17, 15) is 9.59 Å². The van der Waals surface area contributed by atoms with Gasteiger partial charge in [0.1, 0.15) is 0 Å². The molecule has 0 heterocycles. The van der Waals surface area contributed by atoms with Crippen LogP contribution in [0.4, 0.5) is 0 Å². The van der Waals surface area contributed by atoms with E-state index < -0.39 is 0 Å². The molecule has 6 heteroatoms. The van der Waals surface area contributed by atoms with Crippen molar-refractivity contribution < 1.29 is 19.1 Å². The summed E-state index contributed by atoms with van der Waals surface area (Å²) in [4.78, 5) is 24.7. The highest BCUT2D eigenvalue weighted by Gasteiger charge is 2.50. The molecule has 0 saturated heterocycles. The van der Waals surface area contributed by atoms with E-state index in [0.29, 0.717) is 22.5 Å². The molecule has 4 aliphatic rings. The van der Waals surface area contributed by atoms with Crippen LogP contribution in [0.15, 0.2) is 18.2 Å². The molecule has 6 nitrogen and oxygen atoms in total. The van der Waals surface area contributed by atoms with Crippen LogP contribution in [0.1, 0.15) is 48.9 Å².